The molecule has 6 heteroatoms. The van der Waals surface area contributed by atoms with Gasteiger partial charge in [0.25, 0.3) is 6.33 Å². The molecule has 0 aliphatic carbocycles. The van der Waals surface area contributed by atoms with E-state index in [0.717, 1.165) is 5.39 Å². The van der Waals surface area contributed by atoms with Crippen LogP contribution in [0.3, 0.4) is 0 Å². The van der Waals surface area contributed by atoms with E-state index in [9.17, 15) is 13.7 Å². The highest BCUT2D eigenvalue weighted by Gasteiger charge is 2.41. The number of hydrogen-bond donors (Lipinski definition) is 0. The van der Waals surface area contributed by atoms with Crippen molar-refractivity contribution in [3.05, 3.63) is 284 Å². The summed E-state index contributed by atoms with van der Waals surface area (Å²) in [6, 6.07) is 9.59. The second kappa shape index (κ2) is 19.4. The molecule has 13 rings (SSSR count). The van der Waals surface area contributed by atoms with Gasteiger partial charge in [0.1, 0.15) is 17.3 Å². The van der Waals surface area contributed by atoms with Crippen LogP contribution in [0, 0.1) is 13.2 Å². The molecule has 0 aliphatic rings. The average molecular weight is 1040 g/mol. The van der Waals surface area contributed by atoms with Gasteiger partial charge in [-0.2, -0.15) is 0 Å². The van der Waals surface area contributed by atoms with Crippen LogP contribution in [0.2, 0.25) is 0 Å². The Kier molecular flexibility index (Phi) is 6.66. The number of ether oxygens (including phenoxy) is 1. The van der Waals surface area contributed by atoms with E-state index >= 15 is 0 Å². The Bertz CT molecular complexity index is 5620. The monoisotopic (exact) mass is 1040 g/mol. The number of fused-ring (bicyclic) bond motifs is 4. The lowest BCUT2D eigenvalue weighted by atomic mass is 9.83. The summed E-state index contributed by atoms with van der Waals surface area (Å²) < 4.78 is 259. The highest BCUT2D eigenvalue weighted by molar-refractivity contribution is 7.19. The molecule has 0 radical (unpaired) electrons. The van der Waals surface area contributed by atoms with E-state index < -0.39 is 192 Å². The molecule has 5 nitrogen and oxygen atoms in total. The van der Waals surface area contributed by atoms with E-state index in [0.29, 0.717) is 38.7 Å². The summed E-state index contributed by atoms with van der Waals surface area (Å²) in [6.45, 7) is 2.79. The van der Waals surface area contributed by atoms with Crippen LogP contribution >= 0.6 is 0 Å². The van der Waals surface area contributed by atoms with Crippen molar-refractivity contribution in [3.8, 4) is 50.9 Å². The molecule has 0 unspecified atom stereocenters. The standard InChI is InChI=1S/C71H56N4OSi/c1-50-44-53(51-24-9-5-10-25-51)48-72-70(50)75-65-39-18-17-36-62(65)63-43-42-56(47-68(63)75)76-55-28-22-27-54(46-55)73-49-74(67-41-20-19-40-66(67)73)69-61(37-23-38-64(69)71(2,3)4)52-26-21-35-60(45-52)77(57-29-11-6-12-30-57,58-31-13-7-14-32-58)59-33-15-8-16-34-59/h5-48H,1-4H3/i1D3,5D,6D,7D,8D,9D,10D,11D,12D,13D,14D,15D,16D,21D,24D,25D,26D,29D,30D,31D,32D,33D,34D,35D,45D. The summed E-state index contributed by atoms with van der Waals surface area (Å²) in [7, 11) is -6.22. The van der Waals surface area contributed by atoms with E-state index in [1.54, 1.807) is 98.6 Å². The Morgan fingerprint density at radius 2 is 1.16 bits per heavy atom. The molecule has 0 saturated heterocycles. The minimum atomic E-state index is -6.22. The second-order valence-corrected chi connectivity index (χ2v) is 22.4. The zero-order chi connectivity index (χ0) is 75.5. The number of benzene rings is 10. The largest absolute Gasteiger partial charge is 0.458 e. The number of aromatic nitrogens is 4. The molecule has 0 spiro atoms. The van der Waals surface area contributed by atoms with Gasteiger partial charge < -0.3 is 4.74 Å². The molecular formula is C71H56N4OSi. The summed E-state index contributed by atoms with van der Waals surface area (Å²) in [4.78, 5) is 4.68. The van der Waals surface area contributed by atoms with Crippen LogP contribution in [0.5, 0.6) is 11.5 Å². The molecule has 0 saturated carbocycles. The summed E-state index contributed by atoms with van der Waals surface area (Å²) in [5.74, 6) is 0.546. The summed E-state index contributed by atoms with van der Waals surface area (Å²) in [5, 5.41) is -2.43. The molecule has 0 atom stereocenters. The molecule has 0 amide bonds. The van der Waals surface area contributed by atoms with Crippen molar-refractivity contribution in [1.82, 2.24) is 14.1 Å². The zero-order valence-corrected chi connectivity index (χ0v) is 42.2. The lowest BCUT2D eigenvalue weighted by molar-refractivity contribution is -0.572. The van der Waals surface area contributed by atoms with Gasteiger partial charge >= 0.3 is 0 Å². The Morgan fingerprint density at radius 1 is 0.545 bits per heavy atom. The molecule has 13 aromatic rings. The van der Waals surface area contributed by atoms with E-state index in [-0.39, 0.29) is 45.3 Å². The summed E-state index contributed by atoms with van der Waals surface area (Å²) in [6.07, 6.45) is 4.75. The van der Waals surface area contributed by atoms with Crippen molar-refractivity contribution in [2.45, 2.75) is 33.0 Å². The third-order valence-corrected chi connectivity index (χ3v) is 17.3. The number of imidazole rings is 1. The molecule has 370 valence electrons. The second-order valence-electron chi connectivity index (χ2n) is 18.9. The van der Waals surface area contributed by atoms with Crippen LogP contribution in [0.15, 0.2) is 266 Å². The quantitative estimate of drug-likeness (QED) is 0.0560. The smallest absolute Gasteiger partial charge is 0.269 e. The fourth-order valence-corrected chi connectivity index (χ4v) is 13.5. The van der Waals surface area contributed by atoms with Gasteiger partial charge in [-0.25, -0.2) is 4.98 Å². The number of para-hydroxylation sites is 4. The topological polar surface area (TPSA) is 35.9 Å². The number of rotatable bonds is 11. The van der Waals surface area contributed by atoms with Crippen LogP contribution in [0.4, 0.5) is 0 Å². The van der Waals surface area contributed by atoms with Gasteiger partial charge in [-0.3, -0.25) is 13.7 Å². The van der Waals surface area contributed by atoms with E-state index in [2.05, 4.69) is 11.3 Å². The average Bonchev–Trinajstić information content (AvgIpc) is 0.887. The van der Waals surface area contributed by atoms with Crippen molar-refractivity contribution in [2.24, 2.45) is 0 Å². The molecule has 0 aliphatic heterocycles. The Hall–Kier alpha value is -9.36. The molecule has 0 fully saturated rings. The van der Waals surface area contributed by atoms with Crippen LogP contribution in [-0.2, 0) is 5.41 Å². The van der Waals surface area contributed by atoms with E-state index in [1.807, 2.05) is 39.0 Å². The Morgan fingerprint density at radius 3 is 1.86 bits per heavy atom. The van der Waals surface area contributed by atoms with Gasteiger partial charge in [0.15, 0.2) is 8.07 Å². The van der Waals surface area contributed by atoms with Gasteiger partial charge in [0, 0.05) is 32.7 Å². The maximum atomic E-state index is 10.7. The molecule has 0 N–H and O–H groups in total. The molecule has 77 heavy (non-hydrogen) atoms. The first-order valence-corrected chi connectivity index (χ1v) is 26.2. The van der Waals surface area contributed by atoms with Gasteiger partial charge in [-0.15, -0.1) is 0 Å². The maximum Gasteiger partial charge on any atom is 0.269 e. The minimum Gasteiger partial charge on any atom is -0.458 e. The van der Waals surface area contributed by atoms with E-state index in [1.165, 1.54) is 18.3 Å². The van der Waals surface area contributed by atoms with Gasteiger partial charge in [0.2, 0.25) is 0 Å². The first-order chi connectivity index (χ1) is 48.9. The molecule has 3 aromatic heterocycles. The SMILES string of the molecule is [2H]c1c([2H])c([2H])c(-c2cnc(-n3c4ccccc4c4ccc(Oc5cccc(-n6[c-][n+](-c7c(-c8c([2H])c([2H])c([2H])c([Si](c9c([2H])c([2H])c([2H])c([2H])c9[2H])(c9c([2H])c([2H])c([2H])c([2H])c9[2H])c9c([2H])c([2H])c([2H])c([2H])c9[2H])c8[2H])cccc7C(C)(C)C)c7ccccc76)c5)cc43)c(C([2H])([2H])[2H])c2)c([2H])c1[2H]. The minimum absolute atomic E-state index is 0.00909. The number of hydrogen-bond acceptors (Lipinski definition) is 2. The van der Waals surface area contributed by atoms with Crippen molar-refractivity contribution in [3.63, 3.8) is 0 Å². The predicted octanol–water partition coefficient (Wildman–Crippen LogP) is 14.3. The zero-order valence-electron chi connectivity index (χ0n) is 68.2. The van der Waals surface area contributed by atoms with Crippen molar-refractivity contribution in [2.75, 3.05) is 0 Å². The van der Waals surface area contributed by atoms with Crippen molar-refractivity contribution < 1.29 is 46.3 Å². The highest BCUT2D eigenvalue weighted by Crippen LogP contribution is 2.38. The predicted molar refractivity (Wildman–Crippen MR) is 320 cm³/mol. The number of nitrogens with zero attached hydrogens (tertiary/aromatic N) is 4. The summed E-state index contributed by atoms with van der Waals surface area (Å²) >= 11 is 0. The molecule has 3 heterocycles. The first kappa shape index (κ1) is 26.4. The number of pyridine rings is 1. The molecular weight excluding hydrogens is 953 g/mol. The highest BCUT2D eigenvalue weighted by atomic mass is 28.3. The van der Waals surface area contributed by atoms with Gasteiger partial charge in [0.05, 0.1) is 66.3 Å². The van der Waals surface area contributed by atoms with Crippen LogP contribution in [0.25, 0.3) is 72.3 Å². The fourth-order valence-electron chi connectivity index (χ4n) is 9.97. The van der Waals surface area contributed by atoms with Gasteiger partial charge in [-0.1, -0.05) is 233 Å². The maximum absolute atomic E-state index is 10.7. The normalized spacial score (nSPS) is 17.0. The van der Waals surface area contributed by atoms with E-state index in [4.69, 9.17) is 28.0 Å². The Labute approximate surface area is 489 Å². The van der Waals surface area contributed by atoms with Crippen LogP contribution in [-0.4, -0.2) is 22.2 Å². The number of aryl methyl sites for hydroxylation is 1. The van der Waals surface area contributed by atoms with Crippen molar-refractivity contribution in [1.29, 1.82) is 0 Å². The Balaban J connectivity index is 1.03. The van der Waals surface area contributed by atoms with Crippen LogP contribution in [0.1, 0.15) is 68.9 Å². The summed E-state index contributed by atoms with van der Waals surface area (Å²) in [5.41, 5.74) is 1.26. The third kappa shape index (κ3) is 8.35. The van der Waals surface area contributed by atoms with Gasteiger partial charge in [-0.05, 0) is 103 Å². The third-order valence-electron chi connectivity index (χ3n) is 13.3. The first-order valence-electron chi connectivity index (χ1n) is 37.7. The van der Waals surface area contributed by atoms with Crippen LogP contribution < -0.4 is 30.1 Å². The molecule has 10 aromatic carbocycles. The van der Waals surface area contributed by atoms with Crippen molar-refractivity contribution >= 4 is 61.7 Å². The molecule has 0 bridgehead atoms. The fraction of sp³-hybridized carbons (Fsp3) is 0.0704. The lowest BCUT2D eigenvalue weighted by Crippen LogP contribution is -2.74. The lowest BCUT2D eigenvalue weighted by Gasteiger charge is -2.35.